The van der Waals surface area contributed by atoms with Crippen LogP contribution in [-0.2, 0) is 0 Å². The molecule has 0 aliphatic carbocycles. The van der Waals surface area contributed by atoms with Crippen LogP contribution in [0.2, 0.25) is 10.0 Å². The SMILES string of the molecule is Cc1cc(Cl)c(N2CC(C(C)(C)C)NCC2C)cc1Cl. The van der Waals surface area contributed by atoms with Gasteiger partial charge < -0.3 is 10.2 Å². The van der Waals surface area contributed by atoms with E-state index < -0.39 is 0 Å². The van der Waals surface area contributed by atoms with Gasteiger partial charge in [-0.1, -0.05) is 44.0 Å². The van der Waals surface area contributed by atoms with E-state index in [9.17, 15) is 0 Å². The summed E-state index contributed by atoms with van der Waals surface area (Å²) in [6.07, 6.45) is 0. The van der Waals surface area contributed by atoms with Crippen LogP contribution >= 0.6 is 23.2 Å². The molecular weight excluding hydrogens is 291 g/mol. The van der Waals surface area contributed by atoms with E-state index in [4.69, 9.17) is 23.2 Å². The fourth-order valence-corrected chi connectivity index (χ4v) is 3.12. The summed E-state index contributed by atoms with van der Waals surface area (Å²) < 4.78 is 0. The minimum Gasteiger partial charge on any atom is -0.365 e. The van der Waals surface area contributed by atoms with Crippen molar-refractivity contribution < 1.29 is 0 Å². The molecule has 1 aliphatic rings. The normalized spacial score (nSPS) is 24.1. The highest BCUT2D eigenvalue weighted by atomic mass is 35.5. The van der Waals surface area contributed by atoms with Crippen molar-refractivity contribution in [3.8, 4) is 0 Å². The zero-order chi connectivity index (χ0) is 15.1. The zero-order valence-corrected chi connectivity index (χ0v) is 14.4. The molecule has 1 fully saturated rings. The number of piperazine rings is 1. The van der Waals surface area contributed by atoms with Gasteiger partial charge in [0, 0.05) is 30.2 Å². The number of rotatable bonds is 1. The first-order valence-corrected chi connectivity index (χ1v) is 7.91. The van der Waals surface area contributed by atoms with Crippen LogP contribution in [0.3, 0.4) is 0 Å². The lowest BCUT2D eigenvalue weighted by Gasteiger charge is -2.45. The molecule has 112 valence electrons. The van der Waals surface area contributed by atoms with Gasteiger partial charge in [0.05, 0.1) is 10.7 Å². The molecule has 2 rings (SSSR count). The lowest BCUT2D eigenvalue weighted by molar-refractivity contribution is 0.239. The van der Waals surface area contributed by atoms with Gasteiger partial charge in [0.2, 0.25) is 0 Å². The second kappa shape index (κ2) is 5.75. The highest BCUT2D eigenvalue weighted by molar-refractivity contribution is 6.35. The molecule has 1 saturated heterocycles. The van der Waals surface area contributed by atoms with Crippen molar-refractivity contribution in [1.29, 1.82) is 0 Å². The van der Waals surface area contributed by atoms with Gasteiger partial charge in [0.25, 0.3) is 0 Å². The van der Waals surface area contributed by atoms with E-state index in [1.54, 1.807) is 0 Å². The Balaban J connectivity index is 2.32. The Hall–Kier alpha value is -0.440. The number of benzene rings is 1. The molecule has 0 aromatic heterocycles. The summed E-state index contributed by atoms with van der Waals surface area (Å²) in [6.45, 7) is 12.9. The summed E-state index contributed by atoms with van der Waals surface area (Å²) in [5, 5.41) is 5.20. The van der Waals surface area contributed by atoms with Crippen LogP contribution in [0.15, 0.2) is 12.1 Å². The molecule has 1 heterocycles. The lowest BCUT2D eigenvalue weighted by atomic mass is 9.84. The molecule has 0 radical (unpaired) electrons. The maximum atomic E-state index is 6.44. The number of hydrogen-bond donors (Lipinski definition) is 1. The average molecular weight is 315 g/mol. The first kappa shape index (κ1) is 15.9. The standard InChI is InChI=1S/C16H24Cl2N2/c1-10-6-13(18)14(7-12(10)17)20-9-15(16(3,4)5)19-8-11(20)2/h6-7,11,15,19H,8-9H2,1-5H3. The summed E-state index contributed by atoms with van der Waals surface area (Å²) in [7, 11) is 0. The Labute approximate surface area is 132 Å². The number of halogens is 2. The number of anilines is 1. The fraction of sp³-hybridized carbons (Fsp3) is 0.625. The third kappa shape index (κ3) is 3.24. The van der Waals surface area contributed by atoms with Crippen LogP contribution in [0.5, 0.6) is 0 Å². The van der Waals surface area contributed by atoms with Crippen molar-refractivity contribution in [2.45, 2.75) is 46.7 Å². The smallest absolute Gasteiger partial charge is 0.0643 e. The van der Waals surface area contributed by atoms with Gasteiger partial charge in [-0.05, 0) is 37.0 Å². The summed E-state index contributed by atoms with van der Waals surface area (Å²) in [5.74, 6) is 0. The Morgan fingerprint density at radius 2 is 1.85 bits per heavy atom. The van der Waals surface area contributed by atoms with Crippen LogP contribution in [0.1, 0.15) is 33.3 Å². The zero-order valence-electron chi connectivity index (χ0n) is 12.9. The molecular formula is C16H24Cl2N2. The van der Waals surface area contributed by atoms with Crippen molar-refractivity contribution in [3.63, 3.8) is 0 Å². The van der Waals surface area contributed by atoms with E-state index in [0.717, 1.165) is 34.4 Å². The van der Waals surface area contributed by atoms with Crippen molar-refractivity contribution in [2.24, 2.45) is 5.41 Å². The second-order valence-corrected chi connectivity index (χ2v) is 7.70. The molecule has 2 atom stereocenters. The monoisotopic (exact) mass is 314 g/mol. The molecule has 1 aliphatic heterocycles. The summed E-state index contributed by atoms with van der Waals surface area (Å²) >= 11 is 12.7. The lowest BCUT2D eigenvalue weighted by Crippen LogP contribution is -2.59. The predicted molar refractivity (Wildman–Crippen MR) is 89.3 cm³/mol. The Morgan fingerprint density at radius 3 is 2.45 bits per heavy atom. The van der Waals surface area contributed by atoms with Gasteiger partial charge in [0.1, 0.15) is 0 Å². The van der Waals surface area contributed by atoms with E-state index in [1.807, 2.05) is 19.1 Å². The molecule has 4 heteroatoms. The van der Waals surface area contributed by atoms with Gasteiger partial charge in [-0.15, -0.1) is 0 Å². The molecule has 20 heavy (non-hydrogen) atoms. The molecule has 0 spiro atoms. The van der Waals surface area contributed by atoms with E-state index >= 15 is 0 Å². The minimum absolute atomic E-state index is 0.222. The second-order valence-electron chi connectivity index (χ2n) is 6.88. The Kier molecular flexibility index (Phi) is 4.58. The topological polar surface area (TPSA) is 15.3 Å². The van der Waals surface area contributed by atoms with Crippen LogP contribution in [0.4, 0.5) is 5.69 Å². The average Bonchev–Trinajstić information content (AvgIpc) is 2.33. The minimum atomic E-state index is 0.222. The number of hydrogen-bond acceptors (Lipinski definition) is 2. The molecule has 1 aromatic carbocycles. The molecule has 0 amide bonds. The maximum Gasteiger partial charge on any atom is 0.0643 e. The van der Waals surface area contributed by atoms with E-state index in [1.165, 1.54) is 0 Å². The van der Waals surface area contributed by atoms with Crippen molar-refractivity contribution in [1.82, 2.24) is 5.32 Å². The number of aryl methyl sites for hydroxylation is 1. The van der Waals surface area contributed by atoms with Gasteiger partial charge in [-0.25, -0.2) is 0 Å². The van der Waals surface area contributed by atoms with Gasteiger partial charge in [-0.2, -0.15) is 0 Å². The van der Waals surface area contributed by atoms with Gasteiger partial charge >= 0.3 is 0 Å². The summed E-state index contributed by atoms with van der Waals surface area (Å²) in [6, 6.07) is 4.81. The Bertz CT molecular complexity index is 494. The maximum absolute atomic E-state index is 6.44. The summed E-state index contributed by atoms with van der Waals surface area (Å²) in [4.78, 5) is 2.38. The van der Waals surface area contributed by atoms with Crippen LogP contribution in [-0.4, -0.2) is 25.2 Å². The van der Waals surface area contributed by atoms with Gasteiger partial charge in [-0.3, -0.25) is 0 Å². The van der Waals surface area contributed by atoms with Gasteiger partial charge in [0.15, 0.2) is 0 Å². The highest BCUT2D eigenvalue weighted by Crippen LogP contribution is 2.35. The van der Waals surface area contributed by atoms with Crippen LogP contribution in [0.25, 0.3) is 0 Å². The molecule has 2 nitrogen and oxygen atoms in total. The summed E-state index contributed by atoms with van der Waals surface area (Å²) in [5.41, 5.74) is 2.29. The molecule has 1 N–H and O–H groups in total. The largest absolute Gasteiger partial charge is 0.365 e. The van der Waals surface area contributed by atoms with Crippen molar-refractivity contribution in [2.75, 3.05) is 18.0 Å². The van der Waals surface area contributed by atoms with Crippen molar-refractivity contribution >= 4 is 28.9 Å². The molecule has 1 aromatic rings. The number of nitrogens with one attached hydrogen (secondary N) is 1. The van der Waals surface area contributed by atoms with E-state index in [-0.39, 0.29) is 5.41 Å². The first-order valence-electron chi connectivity index (χ1n) is 7.16. The quantitative estimate of drug-likeness (QED) is 0.820. The molecule has 0 saturated carbocycles. The third-order valence-electron chi connectivity index (χ3n) is 4.15. The Morgan fingerprint density at radius 1 is 1.20 bits per heavy atom. The highest BCUT2D eigenvalue weighted by Gasteiger charge is 2.33. The van der Waals surface area contributed by atoms with E-state index in [0.29, 0.717) is 12.1 Å². The number of nitrogens with zero attached hydrogens (tertiary/aromatic N) is 1. The fourth-order valence-electron chi connectivity index (χ4n) is 2.64. The predicted octanol–water partition coefficient (Wildman–Crippen LogP) is 4.51. The first-order chi connectivity index (χ1) is 9.20. The molecule has 0 bridgehead atoms. The molecule has 2 unspecified atom stereocenters. The van der Waals surface area contributed by atoms with Crippen LogP contribution < -0.4 is 10.2 Å². The third-order valence-corrected chi connectivity index (χ3v) is 4.86. The van der Waals surface area contributed by atoms with Crippen LogP contribution in [0, 0.1) is 12.3 Å². The van der Waals surface area contributed by atoms with Crippen molar-refractivity contribution in [3.05, 3.63) is 27.7 Å². The van der Waals surface area contributed by atoms with E-state index in [2.05, 4.69) is 37.9 Å².